The minimum atomic E-state index is -1.17. The van der Waals surface area contributed by atoms with Crippen LogP contribution >= 0.6 is 15.8 Å². The van der Waals surface area contributed by atoms with Gasteiger partial charge in [0.25, 0.3) is 0 Å². The fraction of sp³-hybridized carbons (Fsp3) is 1.00. The maximum atomic E-state index is 4.68. The van der Waals surface area contributed by atoms with E-state index in [9.17, 15) is 0 Å². The Balaban J connectivity index is -0.000000616. The summed E-state index contributed by atoms with van der Waals surface area (Å²) in [7, 11) is -1.90. The first kappa shape index (κ1) is 36.2. The zero-order valence-electron chi connectivity index (χ0n) is 24.2. The van der Waals surface area contributed by atoms with Gasteiger partial charge in [0, 0.05) is 35.3 Å². The SMILES string of the molecule is CC(C)(C)[N-][Si](C)(C)C.CC(C)(C)[PH+](CC[PH+](C(C)(C)C)C(C)(C)C)C(C)(C)C.[Rh]. The molecule has 0 aromatic rings. The van der Waals surface area contributed by atoms with Gasteiger partial charge in [-0.2, -0.15) is 0 Å². The quantitative estimate of drug-likeness (QED) is 0.237. The standard InChI is InChI=1S/C18H40P2.C7H18NSi.Rh/c1-15(2,3)19(16(4,5)6)13-14-20(17(7,8)9)18(10,11)12;1-7(2,3)8-9(4,5)6;/h13-14H2,1-12H3;1-6H3;/q;-1;/p+2. The average molecular weight is 568 g/mol. The molecule has 0 N–H and O–H groups in total. The second-order valence-corrected chi connectivity index (χ2v) is 28.4. The minimum absolute atomic E-state index is 0. The van der Waals surface area contributed by atoms with Crippen LogP contribution < -0.4 is 0 Å². The molecule has 0 saturated carbocycles. The summed E-state index contributed by atoms with van der Waals surface area (Å²) >= 11 is 0. The Morgan fingerprint density at radius 3 is 0.767 bits per heavy atom. The van der Waals surface area contributed by atoms with E-state index >= 15 is 0 Å². The molecule has 187 valence electrons. The van der Waals surface area contributed by atoms with Crippen molar-refractivity contribution in [3.63, 3.8) is 0 Å². The van der Waals surface area contributed by atoms with Gasteiger partial charge in [0.05, 0.1) is 32.9 Å². The normalized spacial score (nSPS) is 14.4. The summed E-state index contributed by atoms with van der Waals surface area (Å²) in [4.78, 5) is 4.68. The summed E-state index contributed by atoms with van der Waals surface area (Å²) in [6.45, 7) is 42.8. The Morgan fingerprint density at radius 2 is 0.700 bits per heavy atom. The van der Waals surface area contributed by atoms with Crippen LogP contribution in [-0.2, 0) is 19.5 Å². The van der Waals surface area contributed by atoms with Crippen molar-refractivity contribution in [2.75, 3.05) is 12.3 Å². The smallest absolute Gasteiger partial charge is 0.0915 e. The summed E-state index contributed by atoms with van der Waals surface area (Å²) in [5.41, 5.74) is 0.171. The Morgan fingerprint density at radius 1 is 0.500 bits per heavy atom. The molecule has 0 aliphatic rings. The fourth-order valence-electron chi connectivity index (χ4n) is 5.01. The van der Waals surface area contributed by atoms with Crippen molar-refractivity contribution in [3.8, 4) is 0 Å². The van der Waals surface area contributed by atoms with Crippen molar-refractivity contribution >= 4 is 24.1 Å². The molecular weight excluding hydrogens is 507 g/mol. The molecule has 0 atom stereocenters. The summed E-state index contributed by atoms with van der Waals surface area (Å²) in [5, 5.41) is 2.02. The zero-order valence-corrected chi connectivity index (χ0v) is 28.8. The number of hydrogen-bond acceptors (Lipinski definition) is 0. The van der Waals surface area contributed by atoms with Crippen LogP contribution in [0.4, 0.5) is 0 Å². The van der Waals surface area contributed by atoms with Gasteiger partial charge in [0.1, 0.15) is 0 Å². The molecule has 0 heterocycles. The van der Waals surface area contributed by atoms with Gasteiger partial charge in [-0.3, -0.25) is 0 Å². The van der Waals surface area contributed by atoms with Crippen LogP contribution in [0.1, 0.15) is 104 Å². The molecule has 0 aromatic carbocycles. The van der Waals surface area contributed by atoms with Gasteiger partial charge >= 0.3 is 0 Å². The number of hydrogen-bond donors (Lipinski definition) is 0. The number of rotatable bonds is 4. The predicted molar refractivity (Wildman–Crippen MR) is 152 cm³/mol. The van der Waals surface area contributed by atoms with Crippen LogP contribution in [0.3, 0.4) is 0 Å². The van der Waals surface area contributed by atoms with Gasteiger partial charge in [-0.1, -0.05) is 48.6 Å². The van der Waals surface area contributed by atoms with E-state index in [-0.39, 0.29) is 40.9 Å². The molecular formula is C25H60NP2RhSi+. The van der Waals surface area contributed by atoms with E-state index in [1.807, 2.05) is 0 Å². The van der Waals surface area contributed by atoms with E-state index < -0.39 is 8.24 Å². The topological polar surface area (TPSA) is 14.1 Å². The molecule has 0 saturated heterocycles. The first-order valence-corrected chi connectivity index (χ1v) is 18.5. The van der Waals surface area contributed by atoms with Crippen molar-refractivity contribution in [2.45, 2.75) is 150 Å². The van der Waals surface area contributed by atoms with Crippen LogP contribution in [0.25, 0.3) is 4.98 Å². The largest absolute Gasteiger partial charge is 0.660 e. The Bertz CT molecular complexity index is 394. The average Bonchev–Trinajstić information content (AvgIpc) is 2.23. The second kappa shape index (κ2) is 12.4. The van der Waals surface area contributed by atoms with Crippen molar-refractivity contribution < 1.29 is 19.5 Å². The molecule has 1 nitrogen and oxygen atoms in total. The zero-order chi connectivity index (χ0) is 24.3. The van der Waals surface area contributed by atoms with E-state index in [1.165, 1.54) is 12.3 Å². The molecule has 0 spiro atoms. The predicted octanol–water partition coefficient (Wildman–Crippen LogP) is 9.60. The van der Waals surface area contributed by atoms with E-state index in [0.717, 1.165) is 0 Å². The monoisotopic (exact) mass is 567 g/mol. The Hall–Kier alpha value is 1.66. The van der Waals surface area contributed by atoms with Crippen LogP contribution in [-0.4, -0.2) is 46.7 Å². The molecule has 0 bridgehead atoms. The fourth-order valence-corrected chi connectivity index (χ4v) is 16.5. The van der Waals surface area contributed by atoms with Gasteiger partial charge in [0.15, 0.2) is 0 Å². The van der Waals surface area contributed by atoms with Gasteiger partial charge in [0.2, 0.25) is 0 Å². The first-order chi connectivity index (χ1) is 12.2. The molecule has 0 amide bonds. The summed E-state index contributed by atoms with van der Waals surface area (Å²) in [6, 6.07) is 0. The van der Waals surface area contributed by atoms with Gasteiger partial charge in [-0.15, -0.1) is 5.54 Å². The Labute approximate surface area is 209 Å². The van der Waals surface area contributed by atoms with Crippen molar-refractivity contribution in [1.29, 1.82) is 0 Å². The van der Waals surface area contributed by atoms with Crippen LogP contribution in [0, 0.1) is 0 Å². The van der Waals surface area contributed by atoms with Crippen molar-refractivity contribution in [3.05, 3.63) is 4.98 Å². The van der Waals surface area contributed by atoms with Crippen LogP contribution in [0.15, 0.2) is 0 Å². The van der Waals surface area contributed by atoms with E-state index in [0.29, 0.717) is 20.6 Å². The molecule has 0 fully saturated rings. The molecule has 0 aromatic heterocycles. The summed E-state index contributed by atoms with van der Waals surface area (Å²) in [6.07, 6.45) is 2.97. The number of nitrogens with zero attached hydrogens (tertiary/aromatic N) is 1. The second-order valence-electron chi connectivity index (χ2n) is 14.9. The van der Waals surface area contributed by atoms with Crippen LogP contribution in [0.2, 0.25) is 19.6 Å². The summed E-state index contributed by atoms with van der Waals surface area (Å²) < 4.78 is 0. The summed E-state index contributed by atoms with van der Waals surface area (Å²) in [5.74, 6) is 0. The van der Waals surface area contributed by atoms with Gasteiger partial charge in [-0.05, 0) is 83.1 Å². The molecule has 0 aliphatic heterocycles. The molecule has 0 unspecified atom stereocenters. The first-order valence-electron chi connectivity index (χ1n) is 11.7. The third-order valence-corrected chi connectivity index (χ3v) is 15.5. The molecule has 0 aliphatic carbocycles. The maximum absolute atomic E-state index is 4.68. The third-order valence-electron chi connectivity index (χ3n) is 4.92. The van der Waals surface area contributed by atoms with E-state index in [4.69, 9.17) is 0 Å². The molecule has 30 heavy (non-hydrogen) atoms. The molecule has 1 radical (unpaired) electrons. The molecule has 0 rings (SSSR count). The van der Waals surface area contributed by atoms with Crippen LogP contribution in [0.5, 0.6) is 0 Å². The van der Waals surface area contributed by atoms with Gasteiger partial charge in [-0.25, -0.2) is 0 Å². The maximum Gasteiger partial charge on any atom is 0.0915 e. The Kier molecular flexibility index (Phi) is 15.0. The third kappa shape index (κ3) is 18.1. The van der Waals surface area contributed by atoms with E-state index in [2.05, 4.69) is 128 Å². The van der Waals surface area contributed by atoms with Crippen molar-refractivity contribution in [2.24, 2.45) is 0 Å². The molecule has 5 heteroatoms. The van der Waals surface area contributed by atoms with Crippen molar-refractivity contribution in [1.82, 2.24) is 0 Å². The van der Waals surface area contributed by atoms with Gasteiger partial charge < -0.3 is 4.98 Å². The minimum Gasteiger partial charge on any atom is -0.660 e. The van der Waals surface area contributed by atoms with E-state index in [1.54, 1.807) is 0 Å².